The molecule has 0 saturated carbocycles. The third kappa shape index (κ3) is 4.04. The number of aryl methyl sites for hydroxylation is 4. The van der Waals surface area contributed by atoms with Gasteiger partial charge in [0.15, 0.2) is 11.2 Å². The number of aromatic nitrogens is 1. The van der Waals surface area contributed by atoms with Crippen LogP contribution in [0.15, 0.2) is 18.2 Å². The number of thiazole rings is 1. The Bertz CT molecular complexity index is 625. The molecule has 0 bridgehead atoms. The molecule has 1 heterocycles. The molecule has 2 rings (SSSR count). The summed E-state index contributed by atoms with van der Waals surface area (Å²) in [6.07, 6.45) is -0.573. The molecule has 112 valence electrons. The molecular weight excluding hydrogens is 284 g/mol. The molecular formula is C16H20N2O2S. The summed E-state index contributed by atoms with van der Waals surface area (Å²) >= 11 is 1.47. The maximum Gasteiger partial charge on any atom is 0.266 e. The summed E-state index contributed by atoms with van der Waals surface area (Å²) in [4.78, 5) is 17.5. The summed E-state index contributed by atoms with van der Waals surface area (Å²) in [5.74, 6) is 0.518. The average molecular weight is 304 g/mol. The van der Waals surface area contributed by atoms with Crippen molar-refractivity contribution in [2.45, 2.75) is 40.7 Å². The summed E-state index contributed by atoms with van der Waals surface area (Å²) in [5, 5.41) is 3.41. The minimum absolute atomic E-state index is 0.192. The monoisotopic (exact) mass is 304 g/mol. The van der Waals surface area contributed by atoms with E-state index in [1.54, 1.807) is 6.92 Å². The summed E-state index contributed by atoms with van der Waals surface area (Å²) in [7, 11) is 0. The molecule has 0 saturated heterocycles. The lowest BCUT2D eigenvalue weighted by Crippen LogP contribution is -2.30. The van der Waals surface area contributed by atoms with E-state index in [0.717, 1.165) is 21.7 Å². The molecule has 0 radical (unpaired) electrons. The van der Waals surface area contributed by atoms with E-state index in [2.05, 4.69) is 16.4 Å². The predicted molar refractivity (Wildman–Crippen MR) is 86.2 cm³/mol. The van der Waals surface area contributed by atoms with Crippen molar-refractivity contribution in [1.29, 1.82) is 0 Å². The summed E-state index contributed by atoms with van der Waals surface area (Å²) < 4.78 is 5.71. The normalized spacial score (nSPS) is 12.0. The van der Waals surface area contributed by atoms with Crippen molar-refractivity contribution in [3.8, 4) is 5.75 Å². The summed E-state index contributed by atoms with van der Waals surface area (Å²) in [5.41, 5.74) is 3.17. The van der Waals surface area contributed by atoms with E-state index in [4.69, 9.17) is 4.74 Å². The maximum absolute atomic E-state index is 12.1. The quantitative estimate of drug-likeness (QED) is 0.935. The van der Waals surface area contributed by atoms with Crippen molar-refractivity contribution < 1.29 is 9.53 Å². The molecule has 0 unspecified atom stereocenters. The molecule has 0 aliphatic rings. The van der Waals surface area contributed by atoms with Gasteiger partial charge in [0.25, 0.3) is 5.91 Å². The number of carbonyl (C=O) groups is 1. The number of rotatable bonds is 4. The molecule has 0 aliphatic heterocycles. The topological polar surface area (TPSA) is 51.2 Å². The first kappa shape index (κ1) is 15.5. The molecule has 0 fully saturated rings. The van der Waals surface area contributed by atoms with Crippen LogP contribution >= 0.6 is 11.3 Å². The van der Waals surface area contributed by atoms with Crippen molar-refractivity contribution >= 4 is 22.4 Å². The minimum atomic E-state index is -0.573. The first-order valence-corrected chi connectivity index (χ1v) is 7.66. The molecule has 4 nitrogen and oxygen atoms in total. The fourth-order valence-electron chi connectivity index (χ4n) is 1.99. The van der Waals surface area contributed by atoms with Gasteiger partial charge in [-0.1, -0.05) is 6.07 Å². The molecule has 1 atom stereocenters. The standard InChI is InChI=1S/C16H20N2O2S/c1-9-6-10(2)8-14(7-9)20-12(4)15(19)18-16-17-11(3)13(5)21-16/h6-8,12H,1-5H3,(H,17,18,19)/t12-/m1/s1. The maximum atomic E-state index is 12.1. The van der Waals surface area contributed by atoms with Crippen molar-refractivity contribution in [2.24, 2.45) is 0 Å². The second kappa shape index (κ2) is 6.26. The van der Waals surface area contributed by atoms with Crippen molar-refractivity contribution in [3.05, 3.63) is 39.9 Å². The van der Waals surface area contributed by atoms with E-state index >= 15 is 0 Å². The van der Waals surface area contributed by atoms with Crippen LogP contribution in [0.1, 0.15) is 28.6 Å². The van der Waals surface area contributed by atoms with Crippen LogP contribution in [0, 0.1) is 27.7 Å². The van der Waals surface area contributed by atoms with E-state index in [9.17, 15) is 4.79 Å². The van der Waals surface area contributed by atoms with Crippen LogP contribution < -0.4 is 10.1 Å². The lowest BCUT2D eigenvalue weighted by atomic mass is 10.1. The van der Waals surface area contributed by atoms with Gasteiger partial charge in [-0.25, -0.2) is 4.98 Å². The van der Waals surface area contributed by atoms with Crippen LogP contribution in [0.4, 0.5) is 5.13 Å². The highest BCUT2D eigenvalue weighted by atomic mass is 32.1. The highest BCUT2D eigenvalue weighted by molar-refractivity contribution is 7.15. The fraction of sp³-hybridized carbons (Fsp3) is 0.375. The second-order valence-corrected chi connectivity index (χ2v) is 6.44. The highest BCUT2D eigenvalue weighted by Crippen LogP contribution is 2.22. The van der Waals surface area contributed by atoms with E-state index < -0.39 is 6.10 Å². The molecule has 2 aromatic rings. The van der Waals surface area contributed by atoms with Crippen LogP contribution in [0.3, 0.4) is 0 Å². The van der Waals surface area contributed by atoms with Gasteiger partial charge < -0.3 is 4.74 Å². The molecule has 0 spiro atoms. The van der Waals surface area contributed by atoms with Gasteiger partial charge in [0.05, 0.1) is 5.69 Å². The largest absolute Gasteiger partial charge is 0.481 e. The Morgan fingerprint density at radius 2 is 1.81 bits per heavy atom. The van der Waals surface area contributed by atoms with E-state index in [0.29, 0.717) is 10.9 Å². The Labute approximate surface area is 129 Å². The molecule has 0 aliphatic carbocycles. The summed E-state index contributed by atoms with van der Waals surface area (Å²) in [6, 6.07) is 5.92. The Morgan fingerprint density at radius 1 is 1.19 bits per heavy atom. The number of anilines is 1. The van der Waals surface area contributed by atoms with Crippen molar-refractivity contribution in [2.75, 3.05) is 5.32 Å². The third-order valence-corrected chi connectivity index (χ3v) is 4.12. The van der Waals surface area contributed by atoms with Crippen LogP contribution in [-0.2, 0) is 4.79 Å². The van der Waals surface area contributed by atoms with Gasteiger partial charge >= 0.3 is 0 Å². The molecule has 5 heteroatoms. The van der Waals surface area contributed by atoms with Gasteiger partial charge in [0, 0.05) is 4.88 Å². The zero-order valence-corrected chi connectivity index (χ0v) is 13.8. The molecule has 1 aromatic carbocycles. The first-order chi connectivity index (χ1) is 9.85. The smallest absolute Gasteiger partial charge is 0.266 e. The Hall–Kier alpha value is -1.88. The predicted octanol–water partition coefficient (Wildman–Crippen LogP) is 3.78. The second-order valence-electron chi connectivity index (χ2n) is 5.23. The van der Waals surface area contributed by atoms with Gasteiger partial charge in [0.2, 0.25) is 0 Å². The van der Waals surface area contributed by atoms with E-state index in [1.807, 2.05) is 39.8 Å². The number of benzene rings is 1. The SMILES string of the molecule is Cc1cc(C)cc(O[C@H](C)C(=O)Nc2nc(C)c(C)s2)c1. The number of nitrogens with zero attached hydrogens (tertiary/aromatic N) is 1. The van der Waals surface area contributed by atoms with Crippen LogP contribution in [-0.4, -0.2) is 17.0 Å². The van der Waals surface area contributed by atoms with Crippen LogP contribution in [0.25, 0.3) is 0 Å². The number of amides is 1. The molecule has 1 aromatic heterocycles. The zero-order chi connectivity index (χ0) is 15.6. The number of carbonyl (C=O) groups excluding carboxylic acids is 1. The first-order valence-electron chi connectivity index (χ1n) is 6.85. The minimum Gasteiger partial charge on any atom is -0.481 e. The Balaban J connectivity index is 2.02. The number of hydrogen-bond acceptors (Lipinski definition) is 4. The highest BCUT2D eigenvalue weighted by Gasteiger charge is 2.17. The van der Waals surface area contributed by atoms with Crippen molar-refractivity contribution in [3.63, 3.8) is 0 Å². The lowest BCUT2D eigenvalue weighted by Gasteiger charge is -2.14. The van der Waals surface area contributed by atoms with Gasteiger partial charge in [-0.2, -0.15) is 0 Å². The number of nitrogens with one attached hydrogen (secondary N) is 1. The average Bonchev–Trinajstić information content (AvgIpc) is 2.66. The lowest BCUT2D eigenvalue weighted by molar-refractivity contribution is -0.122. The Kier molecular flexibility index (Phi) is 4.63. The van der Waals surface area contributed by atoms with Gasteiger partial charge in [-0.3, -0.25) is 10.1 Å². The number of hydrogen-bond donors (Lipinski definition) is 1. The van der Waals surface area contributed by atoms with Crippen molar-refractivity contribution in [1.82, 2.24) is 4.98 Å². The van der Waals surface area contributed by atoms with Gasteiger partial charge in [-0.05, 0) is 57.9 Å². The van der Waals surface area contributed by atoms with E-state index in [-0.39, 0.29) is 5.91 Å². The fourth-order valence-corrected chi connectivity index (χ4v) is 2.81. The number of ether oxygens (including phenoxy) is 1. The van der Waals surface area contributed by atoms with Gasteiger partial charge in [-0.15, -0.1) is 11.3 Å². The van der Waals surface area contributed by atoms with E-state index in [1.165, 1.54) is 11.3 Å². The molecule has 1 amide bonds. The third-order valence-electron chi connectivity index (χ3n) is 3.14. The zero-order valence-electron chi connectivity index (χ0n) is 13.0. The molecule has 21 heavy (non-hydrogen) atoms. The van der Waals surface area contributed by atoms with Gasteiger partial charge in [0.1, 0.15) is 5.75 Å². The van der Waals surface area contributed by atoms with Crippen LogP contribution in [0.5, 0.6) is 5.75 Å². The summed E-state index contributed by atoms with van der Waals surface area (Å²) in [6.45, 7) is 9.66. The van der Waals surface area contributed by atoms with Crippen LogP contribution in [0.2, 0.25) is 0 Å². The Morgan fingerprint density at radius 3 is 2.33 bits per heavy atom. The molecule has 1 N–H and O–H groups in total.